The number of para-hydroxylation sites is 1. The molecule has 2 saturated heterocycles. The van der Waals surface area contributed by atoms with E-state index in [0.29, 0.717) is 40.9 Å². The van der Waals surface area contributed by atoms with Crippen LogP contribution in [0.3, 0.4) is 0 Å². The Hall–Kier alpha value is -4.90. The number of hydrogen-bond donors (Lipinski definition) is 7. The summed E-state index contributed by atoms with van der Waals surface area (Å²) in [6.07, 6.45) is 5.75. The number of benzene rings is 2. The van der Waals surface area contributed by atoms with Crippen LogP contribution in [0.25, 0.3) is 6.58 Å². The summed E-state index contributed by atoms with van der Waals surface area (Å²) in [6.45, 7) is 23.7. The third-order valence-corrected chi connectivity index (χ3v) is 15.7. The smallest absolute Gasteiger partial charge is 0.315 e. The molecule has 2 aromatic rings. The first-order valence-electron chi connectivity index (χ1n) is 26.8. The van der Waals surface area contributed by atoms with Crippen molar-refractivity contribution < 1.29 is 58.9 Å². The molecule has 0 radical (unpaired) electrons. The van der Waals surface area contributed by atoms with Crippen LogP contribution in [0, 0.1) is 23.7 Å². The Morgan fingerprint density at radius 1 is 0.961 bits per heavy atom. The van der Waals surface area contributed by atoms with Gasteiger partial charge in [-0.05, 0) is 51.8 Å². The highest BCUT2D eigenvalue weighted by atomic mass is 127. The van der Waals surface area contributed by atoms with Crippen molar-refractivity contribution in [1.82, 2.24) is 9.80 Å². The van der Waals surface area contributed by atoms with Crippen molar-refractivity contribution in [2.24, 2.45) is 28.7 Å². The first-order chi connectivity index (χ1) is 36.0. The summed E-state index contributed by atoms with van der Waals surface area (Å²) in [5, 5.41) is 63.0. The molecule has 77 heavy (non-hydrogen) atoms. The number of ether oxygens (including phenoxy) is 3. The Morgan fingerprint density at radius 2 is 1.58 bits per heavy atom. The van der Waals surface area contributed by atoms with Gasteiger partial charge in [-0.25, -0.2) is 0 Å². The molecule has 0 saturated carbocycles. The second-order valence-corrected chi connectivity index (χ2v) is 24.6. The predicted octanol–water partition coefficient (Wildman–Crippen LogP) is 5.83. The van der Waals surface area contributed by atoms with Crippen molar-refractivity contribution in [2.75, 3.05) is 62.4 Å². The second-order valence-electron chi connectivity index (χ2n) is 22.4. The van der Waals surface area contributed by atoms with Gasteiger partial charge in [-0.3, -0.25) is 24.2 Å². The van der Waals surface area contributed by atoms with Gasteiger partial charge in [0.25, 0.3) is 5.91 Å². The number of aliphatic hydroxyl groups excluding tert-OH is 2. The molecule has 1 unspecified atom stereocenters. The highest BCUT2D eigenvalue weighted by molar-refractivity contribution is 14.1. The molecule has 19 heteroatoms. The molecule has 3 aliphatic heterocycles. The number of hydrogen-bond acceptors (Lipinski definition) is 16. The lowest BCUT2D eigenvalue weighted by atomic mass is 9.78. The SMILES string of the molecule is C=c1c(C(=O)C(C)(C)O)c(O)c(NC(=O)/C(C)=C\C=C\[C@H](C)[C@H](O)[C@@H](C)[C@@H](O)[C@@H](C)[C@H](OC(=O)CC(=O)N2CCC(N(C)c3ccccc3)CC2)[C@H](C)[C@H](/C=C/OC(C)(C)O)OC)c2c1=NC1(CCN(CC(C)I)CC1)N2. The molecule has 18 nitrogen and oxygen atoms in total. The van der Waals surface area contributed by atoms with Gasteiger partial charge in [-0.1, -0.05) is 100 Å². The number of nitrogens with zero attached hydrogens (tertiary/aromatic N) is 4. The Morgan fingerprint density at radius 3 is 2.16 bits per heavy atom. The Labute approximate surface area is 468 Å². The largest absolute Gasteiger partial charge is 0.505 e. The number of halogens is 1. The number of methoxy groups -OCH3 is 1. The summed E-state index contributed by atoms with van der Waals surface area (Å²) < 4.78 is 17.7. The third-order valence-electron chi connectivity index (χ3n) is 15.3. The normalized spacial score (nSPS) is 20.0. The number of carbonyl (C=O) groups is 4. The van der Waals surface area contributed by atoms with Crippen LogP contribution in [0.2, 0.25) is 0 Å². The second kappa shape index (κ2) is 26.8. The average molecular weight is 1190 g/mol. The van der Waals surface area contributed by atoms with Gasteiger partial charge in [0.05, 0.1) is 41.2 Å². The number of anilines is 3. The van der Waals surface area contributed by atoms with Crippen molar-refractivity contribution in [3.63, 3.8) is 0 Å². The maximum atomic E-state index is 13.9. The fraction of sp³-hybridized carbons (Fsp3) is 0.603. The number of allylic oxidation sites excluding steroid dienone is 2. The van der Waals surface area contributed by atoms with Gasteiger partial charge in [0.2, 0.25) is 11.7 Å². The average Bonchev–Trinajstić information content (AvgIpc) is 3.76. The fourth-order valence-corrected chi connectivity index (χ4v) is 11.0. The Bertz CT molecular complexity index is 2580. The van der Waals surface area contributed by atoms with E-state index in [2.05, 4.69) is 56.5 Å². The minimum atomic E-state index is -1.87. The van der Waals surface area contributed by atoms with E-state index in [1.54, 1.807) is 57.7 Å². The Balaban J connectivity index is 1.28. The van der Waals surface area contributed by atoms with Gasteiger partial charge in [0.1, 0.15) is 29.5 Å². The molecule has 2 fully saturated rings. The molecule has 1 spiro atoms. The van der Waals surface area contributed by atoms with Crippen LogP contribution >= 0.6 is 22.6 Å². The molecular weight excluding hydrogens is 1100 g/mol. The lowest BCUT2D eigenvalue weighted by Crippen LogP contribution is -2.48. The maximum Gasteiger partial charge on any atom is 0.315 e. The van der Waals surface area contributed by atoms with Gasteiger partial charge < -0.3 is 65.1 Å². The Kier molecular flexibility index (Phi) is 21.9. The number of piperidine rings is 2. The number of aliphatic hydroxyl groups is 4. The number of carbonyl (C=O) groups excluding carboxylic acids is 4. The lowest BCUT2D eigenvalue weighted by molar-refractivity contribution is -0.165. The quantitative estimate of drug-likeness (QED) is 0.00625. The molecule has 5 rings (SSSR count). The van der Waals surface area contributed by atoms with Crippen molar-refractivity contribution in [2.45, 2.75) is 153 Å². The molecule has 9 atom stereocenters. The number of amides is 2. The van der Waals surface area contributed by atoms with Crippen molar-refractivity contribution in [1.29, 1.82) is 0 Å². The van der Waals surface area contributed by atoms with Gasteiger partial charge in [-0.15, -0.1) is 0 Å². The molecule has 3 heterocycles. The lowest BCUT2D eigenvalue weighted by Gasteiger charge is -2.39. The van der Waals surface area contributed by atoms with Crippen molar-refractivity contribution in [3.05, 3.63) is 82.6 Å². The molecular formula is C58H85IN6O12. The maximum absolute atomic E-state index is 13.9. The van der Waals surface area contributed by atoms with Crippen LogP contribution in [0.5, 0.6) is 5.75 Å². The zero-order valence-electron chi connectivity index (χ0n) is 47.1. The van der Waals surface area contributed by atoms with Crippen LogP contribution in [0.4, 0.5) is 17.1 Å². The van der Waals surface area contributed by atoms with Crippen LogP contribution < -0.4 is 26.1 Å². The van der Waals surface area contributed by atoms with Crippen LogP contribution in [-0.2, 0) is 28.6 Å². The minimum Gasteiger partial charge on any atom is -0.505 e. The van der Waals surface area contributed by atoms with E-state index in [9.17, 15) is 44.7 Å². The summed E-state index contributed by atoms with van der Waals surface area (Å²) in [7, 11) is 3.50. The number of alkyl halides is 1. The zero-order chi connectivity index (χ0) is 57.3. The van der Waals surface area contributed by atoms with Gasteiger partial charge in [-0.2, -0.15) is 0 Å². The predicted molar refractivity (Wildman–Crippen MR) is 307 cm³/mol. The summed E-state index contributed by atoms with van der Waals surface area (Å²) in [5.41, 5.74) is -1.29. The van der Waals surface area contributed by atoms with Gasteiger partial charge in [0, 0.05) is 124 Å². The molecule has 0 aliphatic carbocycles. The number of esters is 1. The molecule has 7 N–H and O–H groups in total. The van der Waals surface area contributed by atoms with Gasteiger partial charge >= 0.3 is 5.97 Å². The number of nitrogens with one attached hydrogen (secondary N) is 2. The molecule has 3 aliphatic rings. The topological polar surface area (TPSA) is 243 Å². The molecule has 0 aromatic heterocycles. The number of likely N-dealkylation sites (tertiary alicyclic amines) is 2. The van der Waals surface area contributed by atoms with Crippen LogP contribution in [-0.4, -0.2) is 157 Å². The van der Waals surface area contributed by atoms with E-state index >= 15 is 0 Å². The summed E-state index contributed by atoms with van der Waals surface area (Å²) >= 11 is 2.40. The molecule has 2 amide bonds. The standard InChI is InChI=1S/C58H85IN6O12/c1-34(18-17-19-35(2)55(72)60-49-48-47(38(5)46(52(49)70)54(71)56(8,9)73)61-58(62-48)25-29-64(30-26-58)33-36(3)59)50(68)39(6)51(69)40(7)53(37(4)43(75-13)24-31-76-57(10,11)74)77-45(67)32-44(66)65-27-22-42(23-28-65)63(12)41-20-15-14-16-21-41/h14-21,24,31,34,36-37,39-40,42-43,50-51,53,62,68-70,73-74H,5,22-23,25-30,32-33H2,1-4,6-13H3,(H,60,72)/b18-17+,31-24+,35-19-/t34-,36?,37+,39+,40+,43-,50-,51+,53+/m0/s1. The molecule has 426 valence electrons. The van der Waals surface area contributed by atoms with Crippen molar-refractivity contribution >= 4 is 69.8 Å². The number of fused-ring (bicyclic) bond motifs is 1. The molecule has 0 bridgehead atoms. The number of aromatic hydroxyl groups is 1. The number of phenolic OH excluding ortho intramolecular Hbond substituents is 1. The third kappa shape index (κ3) is 16.3. The number of phenols is 1. The van der Waals surface area contributed by atoms with Crippen LogP contribution in [0.1, 0.15) is 112 Å². The van der Waals surface area contributed by atoms with E-state index in [1.165, 1.54) is 47.1 Å². The summed E-state index contributed by atoms with van der Waals surface area (Å²) in [4.78, 5) is 66.0. The monoisotopic (exact) mass is 1180 g/mol. The van der Waals surface area contributed by atoms with E-state index in [1.807, 2.05) is 37.4 Å². The summed E-state index contributed by atoms with van der Waals surface area (Å²) in [6, 6.07) is 10.3. The fourth-order valence-electron chi connectivity index (χ4n) is 10.4. The summed E-state index contributed by atoms with van der Waals surface area (Å²) in [5.74, 6) is -7.32. The number of Topliss-reactive ketones (excluding diaryl/α,β-unsaturated/α-hetero) is 1. The van der Waals surface area contributed by atoms with E-state index in [-0.39, 0.29) is 34.0 Å². The van der Waals surface area contributed by atoms with E-state index < -0.39 is 95.0 Å². The minimum absolute atomic E-state index is 0.0605. The molecule has 2 aromatic carbocycles. The first-order valence-corrected chi connectivity index (χ1v) is 28.0. The first kappa shape index (κ1) is 62.9. The number of rotatable bonds is 24. The van der Waals surface area contributed by atoms with Crippen LogP contribution in [0.15, 0.2) is 71.5 Å². The highest BCUT2D eigenvalue weighted by Gasteiger charge is 2.43. The zero-order valence-corrected chi connectivity index (χ0v) is 49.2. The highest BCUT2D eigenvalue weighted by Crippen LogP contribution is 2.40. The number of ketones is 1. The van der Waals surface area contributed by atoms with Crippen molar-refractivity contribution in [3.8, 4) is 5.75 Å². The van der Waals surface area contributed by atoms with E-state index in [4.69, 9.17) is 19.2 Å². The van der Waals surface area contributed by atoms with Gasteiger partial charge in [0.15, 0.2) is 11.5 Å². The van der Waals surface area contributed by atoms with E-state index in [0.717, 1.165) is 38.2 Å².